The number of hydrogen-bond acceptors (Lipinski definition) is 4. The van der Waals surface area contributed by atoms with Gasteiger partial charge in [0, 0.05) is 14.1 Å². The summed E-state index contributed by atoms with van der Waals surface area (Å²) in [5, 5.41) is 0. The van der Waals surface area contributed by atoms with E-state index in [9.17, 15) is 9.59 Å². The molecule has 2 rings (SSSR count). The molecular weight excluding hydrogens is 338 g/mol. The molecule has 2 heterocycles. The lowest BCUT2D eigenvalue weighted by atomic mass is 10.5. The summed E-state index contributed by atoms with van der Waals surface area (Å²) in [6, 6.07) is 0. The van der Waals surface area contributed by atoms with Crippen LogP contribution in [0.4, 0.5) is 0 Å². The van der Waals surface area contributed by atoms with E-state index in [1.54, 1.807) is 7.05 Å². The van der Waals surface area contributed by atoms with E-state index in [1.165, 1.54) is 31.2 Å². The topological polar surface area (TPSA) is 75.9 Å². The van der Waals surface area contributed by atoms with Crippen LogP contribution < -0.4 is 11.2 Å². The van der Waals surface area contributed by atoms with Crippen molar-refractivity contribution in [3.63, 3.8) is 0 Å². The largest absolute Gasteiger partial charge is 0.332 e. The molecular formula is C13H22BrN5O2. The number of imidazole rings is 1. The fourth-order valence-corrected chi connectivity index (χ4v) is 2.33. The molecule has 118 valence electrons. The Morgan fingerprint density at radius 3 is 2.05 bits per heavy atom. The first-order valence-electron chi connectivity index (χ1n) is 6.90. The minimum atomic E-state index is -0.387. The normalized spacial score (nSPS) is 10.8. The number of halogens is 1. The van der Waals surface area contributed by atoms with Crippen LogP contribution in [0.2, 0.25) is 0 Å². The Bertz CT molecular complexity index is 706. The van der Waals surface area contributed by atoms with Crippen molar-refractivity contribution in [1.82, 2.24) is 24.0 Å². The monoisotopic (exact) mass is 359 g/mol. The molecule has 0 aromatic carbocycles. The Morgan fingerprint density at radius 1 is 1.10 bits per heavy atom. The van der Waals surface area contributed by atoms with Crippen molar-refractivity contribution in [1.29, 1.82) is 0 Å². The lowest BCUT2D eigenvalue weighted by molar-refractivity contribution is 0.321. The number of aromatic amines is 1. The number of nitrogens with zero attached hydrogens (tertiary/aromatic N) is 4. The molecule has 0 radical (unpaired) electrons. The summed E-state index contributed by atoms with van der Waals surface area (Å²) in [6.07, 6.45) is 0. The van der Waals surface area contributed by atoms with E-state index >= 15 is 0 Å². The van der Waals surface area contributed by atoms with Gasteiger partial charge in [-0.05, 0) is 35.6 Å². The number of nitrogens with one attached hydrogen (secondary N) is 1. The molecule has 0 aliphatic carbocycles. The zero-order valence-corrected chi connectivity index (χ0v) is 14.7. The third-order valence-electron chi connectivity index (χ3n) is 3.41. The Labute approximate surface area is 131 Å². The number of hydrogen-bond donors (Lipinski definition) is 1. The molecule has 21 heavy (non-hydrogen) atoms. The zero-order valence-electron chi connectivity index (χ0n) is 13.1. The Hall–Kier alpha value is -1.41. The van der Waals surface area contributed by atoms with Gasteiger partial charge in [0.15, 0.2) is 15.9 Å². The highest BCUT2D eigenvalue weighted by Crippen LogP contribution is 2.08. The first kappa shape index (κ1) is 17.6. The third kappa shape index (κ3) is 3.82. The first-order valence-corrected chi connectivity index (χ1v) is 7.70. The van der Waals surface area contributed by atoms with Crippen molar-refractivity contribution in [3.05, 3.63) is 25.6 Å². The number of aryl methyl sites for hydroxylation is 1. The van der Waals surface area contributed by atoms with Gasteiger partial charge < -0.3 is 9.88 Å². The van der Waals surface area contributed by atoms with Gasteiger partial charge in [-0.2, -0.15) is 0 Å². The van der Waals surface area contributed by atoms with E-state index in [0.29, 0.717) is 15.9 Å². The van der Waals surface area contributed by atoms with Crippen LogP contribution in [0.15, 0.2) is 14.3 Å². The molecule has 0 amide bonds. The van der Waals surface area contributed by atoms with Crippen LogP contribution in [-0.4, -0.2) is 43.6 Å². The standard InChI is InChI=1S/C7H7BrN4O2.C6H15N/c1-11-4-3(9-6(8)10-4)5(13)12(2)7(11)14;1-4-7(5-2)6-3/h1-2H3,(H,9,10);4-6H2,1-3H3. The Balaban J connectivity index is 0.000000270. The lowest BCUT2D eigenvalue weighted by Gasteiger charge is -2.13. The number of aromatic nitrogens is 4. The van der Waals surface area contributed by atoms with Crippen LogP contribution in [0.1, 0.15) is 20.8 Å². The van der Waals surface area contributed by atoms with Gasteiger partial charge in [0.1, 0.15) is 0 Å². The number of H-pyrrole nitrogens is 1. The van der Waals surface area contributed by atoms with Gasteiger partial charge in [0.2, 0.25) is 0 Å². The molecule has 0 unspecified atom stereocenters. The molecule has 7 nitrogen and oxygen atoms in total. The van der Waals surface area contributed by atoms with Crippen LogP contribution in [0.3, 0.4) is 0 Å². The van der Waals surface area contributed by atoms with Crippen molar-refractivity contribution in [2.24, 2.45) is 14.1 Å². The second kappa shape index (κ2) is 7.56. The molecule has 0 aliphatic heterocycles. The fourth-order valence-electron chi connectivity index (χ4n) is 1.97. The van der Waals surface area contributed by atoms with Crippen LogP contribution >= 0.6 is 15.9 Å². The summed E-state index contributed by atoms with van der Waals surface area (Å²) >= 11 is 3.11. The predicted molar refractivity (Wildman–Crippen MR) is 87.7 cm³/mol. The fraction of sp³-hybridized carbons (Fsp3) is 0.615. The quantitative estimate of drug-likeness (QED) is 0.831. The Morgan fingerprint density at radius 2 is 1.62 bits per heavy atom. The molecule has 0 aliphatic rings. The van der Waals surface area contributed by atoms with E-state index < -0.39 is 0 Å². The predicted octanol–water partition coefficient (Wildman–Crippen LogP) is 1.07. The van der Waals surface area contributed by atoms with Gasteiger partial charge >= 0.3 is 5.69 Å². The van der Waals surface area contributed by atoms with Crippen molar-refractivity contribution in [2.75, 3.05) is 19.6 Å². The van der Waals surface area contributed by atoms with Crippen LogP contribution in [0, 0.1) is 0 Å². The highest BCUT2D eigenvalue weighted by Gasteiger charge is 2.11. The molecule has 1 N–H and O–H groups in total. The molecule has 8 heteroatoms. The summed E-state index contributed by atoms with van der Waals surface area (Å²) < 4.78 is 2.79. The van der Waals surface area contributed by atoms with Gasteiger partial charge in [-0.1, -0.05) is 20.8 Å². The molecule has 0 fully saturated rings. The van der Waals surface area contributed by atoms with E-state index in [-0.39, 0.29) is 11.2 Å². The van der Waals surface area contributed by atoms with E-state index in [2.05, 4.69) is 51.6 Å². The lowest BCUT2D eigenvalue weighted by Crippen LogP contribution is -2.36. The zero-order chi connectivity index (χ0) is 16.2. The van der Waals surface area contributed by atoms with E-state index in [0.717, 1.165) is 4.57 Å². The highest BCUT2D eigenvalue weighted by atomic mass is 79.9. The van der Waals surface area contributed by atoms with Crippen molar-refractivity contribution >= 4 is 27.1 Å². The Kier molecular flexibility index (Phi) is 6.35. The summed E-state index contributed by atoms with van der Waals surface area (Å²) in [5.41, 5.74) is -0.0887. The van der Waals surface area contributed by atoms with Crippen molar-refractivity contribution in [3.8, 4) is 0 Å². The van der Waals surface area contributed by atoms with Gasteiger partial charge in [-0.25, -0.2) is 9.78 Å². The average molecular weight is 360 g/mol. The minimum absolute atomic E-state index is 0.321. The molecule has 0 atom stereocenters. The molecule has 0 spiro atoms. The smallest absolute Gasteiger partial charge is 0.327 e. The molecule has 2 aromatic rings. The second-order valence-electron chi connectivity index (χ2n) is 4.55. The minimum Gasteiger partial charge on any atom is -0.327 e. The van der Waals surface area contributed by atoms with Crippen LogP contribution in [0.25, 0.3) is 11.2 Å². The summed E-state index contributed by atoms with van der Waals surface area (Å²) in [4.78, 5) is 32.2. The highest BCUT2D eigenvalue weighted by molar-refractivity contribution is 9.10. The third-order valence-corrected chi connectivity index (χ3v) is 3.78. The summed E-state index contributed by atoms with van der Waals surface area (Å²) in [7, 11) is 3.00. The maximum absolute atomic E-state index is 11.6. The van der Waals surface area contributed by atoms with Crippen LogP contribution in [-0.2, 0) is 14.1 Å². The second-order valence-corrected chi connectivity index (χ2v) is 5.30. The maximum atomic E-state index is 11.6. The van der Waals surface area contributed by atoms with Gasteiger partial charge in [-0.15, -0.1) is 0 Å². The maximum Gasteiger partial charge on any atom is 0.332 e. The number of rotatable bonds is 3. The van der Waals surface area contributed by atoms with Crippen LogP contribution in [0.5, 0.6) is 0 Å². The molecule has 0 saturated carbocycles. The van der Waals surface area contributed by atoms with Crippen molar-refractivity contribution < 1.29 is 0 Å². The van der Waals surface area contributed by atoms with Crippen molar-refractivity contribution in [2.45, 2.75) is 20.8 Å². The van der Waals surface area contributed by atoms with E-state index in [4.69, 9.17) is 0 Å². The van der Waals surface area contributed by atoms with Gasteiger partial charge in [-0.3, -0.25) is 13.9 Å². The SMILES string of the molecule is CCN(CC)CC.Cn1c(=O)c2[nH]c(Br)nc2n(C)c1=O. The average Bonchev–Trinajstić information content (AvgIpc) is 2.87. The summed E-state index contributed by atoms with van der Waals surface area (Å²) in [6.45, 7) is 10.1. The number of fused-ring (bicyclic) bond motifs is 1. The molecule has 0 saturated heterocycles. The van der Waals surface area contributed by atoms with Gasteiger partial charge in [0.05, 0.1) is 0 Å². The molecule has 2 aromatic heterocycles. The van der Waals surface area contributed by atoms with Gasteiger partial charge in [0.25, 0.3) is 5.56 Å². The summed E-state index contributed by atoms with van der Waals surface area (Å²) in [5.74, 6) is 0. The molecule has 0 bridgehead atoms. The first-order chi connectivity index (χ1) is 9.87. The van der Waals surface area contributed by atoms with E-state index in [1.807, 2.05) is 0 Å².